The van der Waals surface area contributed by atoms with E-state index < -0.39 is 0 Å². The van der Waals surface area contributed by atoms with Gasteiger partial charge in [-0.2, -0.15) is 0 Å². The second-order valence-corrected chi connectivity index (χ2v) is 8.67. The Labute approximate surface area is 133 Å². The summed E-state index contributed by atoms with van der Waals surface area (Å²) in [6.45, 7) is 13.0. The molecule has 124 valence electrons. The lowest BCUT2D eigenvalue weighted by Crippen LogP contribution is -2.51. The Morgan fingerprint density at radius 3 is 2.14 bits per heavy atom. The van der Waals surface area contributed by atoms with Crippen LogP contribution in [0.15, 0.2) is 0 Å². The fraction of sp³-hybridized carbons (Fsp3) is 1.00. The van der Waals surface area contributed by atoms with Crippen LogP contribution in [0, 0.1) is 5.41 Å². The molecule has 1 saturated heterocycles. The molecule has 2 heteroatoms. The Morgan fingerprint density at radius 1 is 1.00 bits per heavy atom. The van der Waals surface area contributed by atoms with Gasteiger partial charge in [0.15, 0.2) is 0 Å². The van der Waals surface area contributed by atoms with Crippen LogP contribution < -0.4 is 5.32 Å². The molecule has 2 fully saturated rings. The number of piperidine rings is 1. The molecule has 1 unspecified atom stereocenters. The Kier molecular flexibility index (Phi) is 6.14. The maximum atomic E-state index is 3.73. The predicted octanol–water partition coefficient (Wildman–Crippen LogP) is 4.59. The molecule has 1 aliphatic carbocycles. The van der Waals surface area contributed by atoms with Crippen LogP contribution in [0.25, 0.3) is 0 Å². The second kappa shape index (κ2) is 7.46. The Morgan fingerprint density at radius 2 is 1.62 bits per heavy atom. The van der Waals surface area contributed by atoms with Gasteiger partial charge in [0.1, 0.15) is 0 Å². The lowest BCUT2D eigenvalue weighted by Gasteiger charge is -2.47. The highest BCUT2D eigenvalue weighted by atomic mass is 15.2. The highest BCUT2D eigenvalue weighted by Gasteiger charge is 2.36. The minimum atomic E-state index is 0.242. The molecule has 0 aromatic heterocycles. The van der Waals surface area contributed by atoms with Crippen molar-refractivity contribution >= 4 is 0 Å². The summed E-state index contributed by atoms with van der Waals surface area (Å²) in [7, 11) is 0. The SMILES string of the molecule is CCCC(CNC(C)(C)C)N1CCC2(CCCCC2)CC1. The van der Waals surface area contributed by atoms with E-state index in [0.717, 1.165) is 18.0 Å². The van der Waals surface area contributed by atoms with Gasteiger partial charge in [-0.1, -0.05) is 32.6 Å². The summed E-state index contributed by atoms with van der Waals surface area (Å²) in [5, 5.41) is 3.73. The summed E-state index contributed by atoms with van der Waals surface area (Å²) in [6.07, 6.45) is 13.1. The van der Waals surface area contributed by atoms with E-state index in [-0.39, 0.29) is 5.54 Å². The van der Waals surface area contributed by atoms with Gasteiger partial charge in [-0.25, -0.2) is 0 Å². The molecular weight excluding hydrogens is 256 g/mol. The summed E-state index contributed by atoms with van der Waals surface area (Å²) in [4.78, 5) is 2.79. The molecule has 0 aromatic carbocycles. The molecule has 0 aromatic rings. The first-order valence-corrected chi connectivity index (χ1v) is 9.43. The van der Waals surface area contributed by atoms with Gasteiger partial charge in [0, 0.05) is 18.1 Å². The van der Waals surface area contributed by atoms with Gasteiger partial charge in [0.25, 0.3) is 0 Å². The first kappa shape index (κ1) is 17.3. The van der Waals surface area contributed by atoms with Gasteiger partial charge in [-0.15, -0.1) is 0 Å². The maximum absolute atomic E-state index is 3.73. The molecule has 0 amide bonds. The summed E-state index contributed by atoms with van der Waals surface area (Å²) < 4.78 is 0. The normalized spacial score (nSPS) is 25.1. The third-order valence-electron chi connectivity index (χ3n) is 5.78. The van der Waals surface area contributed by atoms with E-state index in [1.54, 1.807) is 0 Å². The van der Waals surface area contributed by atoms with E-state index in [1.807, 2.05) is 0 Å². The van der Waals surface area contributed by atoms with Crippen molar-refractivity contribution in [2.45, 2.75) is 97.1 Å². The lowest BCUT2D eigenvalue weighted by molar-refractivity contribution is 0.0410. The number of nitrogens with one attached hydrogen (secondary N) is 1. The van der Waals surface area contributed by atoms with Crippen molar-refractivity contribution in [3.63, 3.8) is 0 Å². The van der Waals surface area contributed by atoms with Crippen LogP contribution in [0.4, 0.5) is 0 Å². The first-order valence-electron chi connectivity index (χ1n) is 9.43. The van der Waals surface area contributed by atoms with E-state index in [0.29, 0.717) is 0 Å². The van der Waals surface area contributed by atoms with Crippen LogP contribution in [0.2, 0.25) is 0 Å². The van der Waals surface area contributed by atoms with Crippen LogP contribution in [-0.2, 0) is 0 Å². The van der Waals surface area contributed by atoms with E-state index in [1.165, 1.54) is 70.9 Å². The molecular formula is C19H38N2. The highest BCUT2D eigenvalue weighted by Crippen LogP contribution is 2.44. The van der Waals surface area contributed by atoms with E-state index in [4.69, 9.17) is 0 Å². The number of likely N-dealkylation sites (tertiary alicyclic amines) is 1. The Balaban J connectivity index is 1.84. The van der Waals surface area contributed by atoms with Gasteiger partial charge in [0.2, 0.25) is 0 Å². The van der Waals surface area contributed by atoms with Crippen molar-refractivity contribution in [3.8, 4) is 0 Å². The van der Waals surface area contributed by atoms with Crippen LogP contribution in [0.5, 0.6) is 0 Å². The molecule has 2 rings (SSSR count). The Hall–Kier alpha value is -0.0800. The molecule has 1 saturated carbocycles. The van der Waals surface area contributed by atoms with Gasteiger partial charge in [-0.05, 0) is 71.4 Å². The number of hydrogen-bond acceptors (Lipinski definition) is 2. The zero-order valence-electron chi connectivity index (χ0n) is 15.0. The highest BCUT2D eigenvalue weighted by molar-refractivity contribution is 4.91. The number of hydrogen-bond donors (Lipinski definition) is 1. The molecule has 0 radical (unpaired) electrons. The fourth-order valence-electron chi connectivity index (χ4n) is 4.34. The molecule has 1 atom stereocenters. The largest absolute Gasteiger partial charge is 0.311 e. The molecule has 2 aliphatic rings. The average Bonchev–Trinajstić information content (AvgIpc) is 2.45. The summed E-state index contributed by atoms with van der Waals surface area (Å²) >= 11 is 0. The summed E-state index contributed by atoms with van der Waals surface area (Å²) in [5.41, 5.74) is 0.981. The van der Waals surface area contributed by atoms with Crippen LogP contribution >= 0.6 is 0 Å². The third kappa shape index (κ3) is 5.25. The van der Waals surface area contributed by atoms with Gasteiger partial charge in [0.05, 0.1) is 0 Å². The molecule has 21 heavy (non-hydrogen) atoms. The quantitative estimate of drug-likeness (QED) is 0.798. The van der Waals surface area contributed by atoms with Gasteiger partial charge >= 0.3 is 0 Å². The molecule has 1 N–H and O–H groups in total. The number of rotatable bonds is 5. The molecule has 2 nitrogen and oxygen atoms in total. The maximum Gasteiger partial charge on any atom is 0.0220 e. The fourth-order valence-corrected chi connectivity index (χ4v) is 4.34. The molecule has 1 spiro atoms. The van der Waals surface area contributed by atoms with E-state index in [9.17, 15) is 0 Å². The molecule has 0 bridgehead atoms. The molecule has 1 aliphatic heterocycles. The second-order valence-electron chi connectivity index (χ2n) is 8.67. The van der Waals surface area contributed by atoms with Gasteiger partial charge in [-0.3, -0.25) is 4.90 Å². The minimum absolute atomic E-state index is 0.242. The van der Waals surface area contributed by atoms with E-state index in [2.05, 4.69) is 37.9 Å². The minimum Gasteiger partial charge on any atom is -0.311 e. The van der Waals surface area contributed by atoms with Crippen molar-refractivity contribution in [2.75, 3.05) is 19.6 Å². The lowest BCUT2D eigenvalue weighted by atomic mass is 9.68. The van der Waals surface area contributed by atoms with Gasteiger partial charge < -0.3 is 5.32 Å². The van der Waals surface area contributed by atoms with Crippen molar-refractivity contribution < 1.29 is 0 Å². The van der Waals surface area contributed by atoms with Crippen LogP contribution in [0.1, 0.15) is 85.5 Å². The topological polar surface area (TPSA) is 15.3 Å². The monoisotopic (exact) mass is 294 g/mol. The zero-order valence-corrected chi connectivity index (χ0v) is 15.0. The first-order chi connectivity index (χ1) is 9.94. The standard InChI is InChI=1S/C19H38N2/c1-5-9-17(16-20-18(2,3)4)21-14-12-19(13-15-21)10-7-6-8-11-19/h17,20H,5-16H2,1-4H3. The van der Waals surface area contributed by atoms with Crippen molar-refractivity contribution in [1.29, 1.82) is 0 Å². The smallest absolute Gasteiger partial charge is 0.0220 e. The van der Waals surface area contributed by atoms with Crippen molar-refractivity contribution in [3.05, 3.63) is 0 Å². The predicted molar refractivity (Wildman–Crippen MR) is 92.8 cm³/mol. The third-order valence-corrected chi connectivity index (χ3v) is 5.78. The summed E-state index contributed by atoms with van der Waals surface area (Å²) in [6, 6.07) is 0.746. The molecule has 1 heterocycles. The van der Waals surface area contributed by atoms with Crippen LogP contribution in [-0.4, -0.2) is 36.1 Å². The number of nitrogens with zero attached hydrogens (tertiary/aromatic N) is 1. The van der Waals surface area contributed by atoms with Crippen molar-refractivity contribution in [2.24, 2.45) is 5.41 Å². The summed E-state index contributed by atoms with van der Waals surface area (Å²) in [5.74, 6) is 0. The van der Waals surface area contributed by atoms with Crippen molar-refractivity contribution in [1.82, 2.24) is 10.2 Å². The Bertz CT molecular complexity index is 289. The zero-order chi connectivity index (χ0) is 15.3. The van der Waals surface area contributed by atoms with Crippen LogP contribution in [0.3, 0.4) is 0 Å². The van der Waals surface area contributed by atoms with E-state index >= 15 is 0 Å². The average molecular weight is 295 g/mol.